The molecule has 2 N–H and O–H groups in total. The van der Waals surface area contributed by atoms with Gasteiger partial charge in [0, 0.05) is 12.1 Å². The fourth-order valence-electron chi connectivity index (χ4n) is 4.04. The maximum atomic E-state index is 6.29. The summed E-state index contributed by atoms with van der Waals surface area (Å²) in [7, 11) is 4.32. The quantitative estimate of drug-likeness (QED) is 0.698. The molecule has 0 aliphatic heterocycles. The van der Waals surface area contributed by atoms with Gasteiger partial charge in [0.25, 0.3) is 0 Å². The second-order valence-corrected chi connectivity index (χ2v) is 7.60. The van der Waals surface area contributed by atoms with E-state index >= 15 is 0 Å². The SMILES string of the molecule is CCN(CCCN(C)C)C1(CN)CCCC(C(C)C)CC1. The van der Waals surface area contributed by atoms with Crippen LogP contribution in [0.2, 0.25) is 0 Å². The lowest BCUT2D eigenvalue weighted by Gasteiger charge is -2.43. The van der Waals surface area contributed by atoms with Crippen molar-refractivity contribution >= 4 is 0 Å². The Hall–Kier alpha value is -0.120. The Balaban J connectivity index is 2.67. The Bertz CT molecular complexity index is 278. The molecule has 1 saturated carbocycles. The van der Waals surface area contributed by atoms with Crippen molar-refractivity contribution in [3.63, 3.8) is 0 Å². The molecule has 1 rings (SSSR count). The molecule has 0 heterocycles. The number of likely N-dealkylation sites (N-methyl/N-ethyl adjacent to an activating group) is 1. The molecule has 1 fully saturated rings. The highest BCUT2D eigenvalue weighted by Gasteiger charge is 2.36. The molecule has 0 aromatic rings. The van der Waals surface area contributed by atoms with Crippen molar-refractivity contribution in [3.05, 3.63) is 0 Å². The number of nitrogens with two attached hydrogens (primary N) is 1. The third kappa shape index (κ3) is 5.54. The van der Waals surface area contributed by atoms with Gasteiger partial charge in [0.1, 0.15) is 0 Å². The van der Waals surface area contributed by atoms with E-state index in [1.54, 1.807) is 0 Å². The zero-order valence-corrected chi connectivity index (χ0v) is 15.2. The summed E-state index contributed by atoms with van der Waals surface area (Å²) in [6.45, 7) is 11.4. The van der Waals surface area contributed by atoms with Gasteiger partial charge in [0.15, 0.2) is 0 Å². The summed E-state index contributed by atoms with van der Waals surface area (Å²) in [5.41, 5.74) is 6.55. The molecule has 2 unspecified atom stereocenters. The molecule has 0 spiro atoms. The molecule has 1 aliphatic carbocycles. The first-order chi connectivity index (χ1) is 9.95. The molecule has 0 saturated heterocycles. The van der Waals surface area contributed by atoms with Crippen molar-refractivity contribution in [2.24, 2.45) is 17.6 Å². The lowest BCUT2D eigenvalue weighted by atomic mass is 9.85. The Morgan fingerprint density at radius 3 is 2.38 bits per heavy atom. The molecule has 0 aromatic carbocycles. The molecule has 3 nitrogen and oxygen atoms in total. The average molecular weight is 298 g/mol. The van der Waals surface area contributed by atoms with E-state index in [4.69, 9.17) is 5.73 Å². The molecular formula is C18H39N3. The van der Waals surface area contributed by atoms with Crippen molar-refractivity contribution in [2.45, 2.75) is 64.8 Å². The van der Waals surface area contributed by atoms with Gasteiger partial charge in [0.05, 0.1) is 0 Å². The second kappa shape index (κ2) is 9.12. The van der Waals surface area contributed by atoms with Crippen LogP contribution in [0.1, 0.15) is 59.3 Å². The van der Waals surface area contributed by atoms with Gasteiger partial charge in [-0.3, -0.25) is 4.90 Å². The summed E-state index contributed by atoms with van der Waals surface area (Å²) in [6, 6.07) is 0. The van der Waals surface area contributed by atoms with E-state index in [0.29, 0.717) is 0 Å². The normalized spacial score (nSPS) is 27.6. The molecule has 1 aliphatic rings. The van der Waals surface area contributed by atoms with Crippen molar-refractivity contribution in [2.75, 3.05) is 40.3 Å². The van der Waals surface area contributed by atoms with Gasteiger partial charge in [-0.1, -0.05) is 33.6 Å². The number of rotatable bonds is 8. The van der Waals surface area contributed by atoms with Crippen LogP contribution >= 0.6 is 0 Å². The first-order valence-corrected chi connectivity index (χ1v) is 9.05. The van der Waals surface area contributed by atoms with E-state index < -0.39 is 0 Å². The molecule has 0 bridgehead atoms. The van der Waals surface area contributed by atoms with Gasteiger partial charge in [-0.05, 0) is 71.2 Å². The van der Waals surface area contributed by atoms with Crippen LogP contribution in [-0.2, 0) is 0 Å². The number of nitrogens with zero attached hydrogens (tertiary/aromatic N) is 2. The predicted octanol–water partition coefficient (Wildman–Crippen LogP) is 3.19. The fourth-order valence-corrected chi connectivity index (χ4v) is 4.04. The van der Waals surface area contributed by atoms with Crippen molar-refractivity contribution in [1.82, 2.24) is 9.80 Å². The maximum Gasteiger partial charge on any atom is 0.0331 e. The molecule has 0 radical (unpaired) electrons. The Morgan fingerprint density at radius 1 is 1.14 bits per heavy atom. The smallest absolute Gasteiger partial charge is 0.0331 e. The van der Waals surface area contributed by atoms with Crippen molar-refractivity contribution in [1.29, 1.82) is 0 Å². The molecular weight excluding hydrogens is 258 g/mol. The molecule has 0 aromatic heterocycles. The van der Waals surface area contributed by atoms with E-state index in [-0.39, 0.29) is 5.54 Å². The summed E-state index contributed by atoms with van der Waals surface area (Å²) in [5.74, 6) is 1.72. The van der Waals surface area contributed by atoms with Gasteiger partial charge in [-0.25, -0.2) is 0 Å². The van der Waals surface area contributed by atoms with Gasteiger partial charge < -0.3 is 10.6 Å². The zero-order valence-electron chi connectivity index (χ0n) is 15.2. The highest BCUT2D eigenvalue weighted by atomic mass is 15.2. The standard InChI is InChI=1S/C18H39N3/c1-6-21(14-8-13-20(4)5)18(15-19)11-7-9-17(10-12-18)16(2)3/h16-17H,6-15,19H2,1-5H3. The lowest BCUT2D eigenvalue weighted by molar-refractivity contribution is 0.0781. The largest absolute Gasteiger partial charge is 0.329 e. The van der Waals surface area contributed by atoms with Crippen LogP contribution in [-0.4, -0.2) is 55.6 Å². The van der Waals surface area contributed by atoms with Crippen LogP contribution in [0, 0.1) is 11.8 Å². The minimum Gasteiger partial charge on any atom is -0.329 e. The van der Waals surface area contributed by atoms with E-state index in [1.165, 1.54) is 51.6 Å². The van der Waals surface area contributed by atoms with Crippen LogP contribution in [0.3, 0.4) is 0 Å². The Morgan fingerprint density at radius 2 is 1.86 bits per heavy atom. The summed E-state index contributed by atoms with van der Waals surface area (Å²) in [5, 5.41) is 0. The van der Waals surface area contributed by atoms with Crippen molar-refractivity contribution < 1.29 is 0 Å². The predicted molar refractivity (Wildman–Crippen MR) is 93.6 cm³/mol. The van der Waals surface area contributed by atoms with Gasteiger partial charge in [-0.15, -0.1) is 0 Å². The van der Waals surface area contributed by atoms with E-state index in [2.05, 4.69) is 44.7 Å². The number of hydrogen-bond acceptors (Lipinski definition) is 3. The lowest BCUT2D eigenvalue weighted by Crippen LogP contribution is -2.54. The van der Waals surface area contributed by atoms with Crippen LogP contribution in [0.15, 0.2) is 0 Å². The third-order valence-corrected chi connectivity index (χ3v) is 5.61. The third-order valence-electron chi connectivity index (χ3n) is 5.61. The monoisotopic (exact) mass is 297 g/mol. The zero-order chi connectivity index (χ0) is 15.9. The molecule has 21 heavy (non-hydrogen) atoms. The summed E-state index contributed by atoms with van der Waals surface area (Å²) >= 11 is 0. The summed E-state index contributed by atoms with van der Waals surface area (Å²) < 4.78 is 0. The number of hydrogen-bond donors (Lipinski definition) is 1. The molecule has 3 heteroatoms. The Kier molecular flexibility index (Phi) is 8.22. The van der Waals surface area contributed by atoms with E-state index in [0.717, 1.165) is 24.9 Å². The van der Waals surface area contributed by atoms with Crippen LogP contribution in [0.25, 0.3) is 0 Å². The highest BCUT2D eigenvalue weighted by molar-refractivity contribution is 4.94. The maximum absolute atomic E-state index is 6.29. The summed E-state index contributed by atoms with van der Waals surface area (Å²) in [4.78, 5) is 4.98. The van der Waals surface area contributed by atoms with Crippen molar-refractivity contribution in [3.8, 4) is 0 Å². The first kappa shape index (κ1) is 18.9. The van der Waals surface area contributed by atoms with Crippen LogP contribution in [0.4, 0.5) is 0 Å². The first-order valence-electron chi connectivity index (χ1n) is 9.05. The summed E-state index contributed by atoms with van der Waals surface area (Å²) in [6.07, 6.45) is 7.94. The van der Waals surface area contributed by atoms with Gasteiger partial charge >= 0.3 is 0 Å². The fraction of sp³-hybridized carbons (Fsp3) is 1.00. The highest BCUT2D eigenvalue weighted by Crippen LogP contribution is 2.37. The van der Waals surface area contributed by atoms with E-state index in [9.17, 15) is 0 Å². The average Bonchev–Trinajstić information content (AvgIpc) is 2.66. The second-order valence-electron chi connectivity index (χ2n) is 7.60. The Labute approximate surface area is 133 Å². The molecule has 2 atom stereocenters. The van der Waals surface area contributed by atoms with Gasteiger partial charge in [-0.2, -0.15) is 0 Å². The van der Waals surface area contributed by atoms with Gasteiger partial charge in [0.2, 0.25) is 0 Å². The molecule has 126 valence electrons. The minimum absolute atomic E-state index is 0.269. The van der Waals surface area contributed by atoms with Crippen LogP contribution < -0.4 is 5.73 Å². The molecule has 0 amide bonds. The topological polar surface area (TPSA) is 32.5 Å². The van der Waals surface area contributed by atoms with E-state index in [1.807, 2.05) is 0 Å². The van der Waals surface area contributed by atoms with Crippen LogP contribution in [0.5, 0.6) is 0 Å². The minimum atomic E-state index is 0.269.